The molecule has 174 valence electrons. The predicted octanol–water partition coefficient (Wildman–Crippen LogP) is 4.42. The van der Waals surface area contributed by atoms with E-state index in [1.54, 1.807) is 32.0 Å². The van der Waals surface area contributed by atoms with Gasteiger partial charge in [0, 0.05) is 23.9 Å². The van der Waals surface area contributed by atoms with Crippen molar-refractivity contribution in [2.24, 2.45) is 11.5 Å². The number of allylic oxidation sites excluding steroid dienone is 5. The Kier molecular flexibility index (Phi) is 8.51. The third-order valence-electron chi connectivity index (χ3n) is 4.86. The fraction of sp³-hybridized carbons (Fsp3) is 0.115. The second-order valence-electron chi connectivity index (χ2n) is 7.34. The maximum atomic E-state index is 13.5. The molecule has 7 nitrogen and oxygen atoms in total. The highest BCUT2D eigenvalue weighted by Gasteiger charge is 2.20. The maximum absolute atomic E-state index is 13.5. The number of halogens is 1. The lowest BCUT2D eigenvalue weighted by Gasteiger charge is -2.20. The van der Waals surface area contributed by atoms with Gasteiger partial charge in [-0.1, -0.05) is 25.3 Å². The molecule has 1 aromatic heterocycles. The van der Waals surface area contributed by atoms with Gasteiger partial charge < -0.3 is 22.1 Å². The van der Waals surface area contributed by atoms with Gasteiger partial charge in [0.1, 0.15) is 11.6 Å². The normalized spacial score (nSPS) is 11.4. The molecule has 6 N–H and O–H groups in total. The minimum Gasteiger partial charge on any atom is -0.366 e. The number of primary amides is 2. The maximum Gasteiger partial charge on any atom is 0.252 e. The smallest absolute Gasteiger partial charge is 0.252 e. The summed E-state index contributed by atoms with van der Waals surface area (Å²) in [4.78, 5) is 28.5. The zero-order valence-corrected chi connectivity index (χ0v) is 19.0. The van der Waals surface area contributed by atoms with Gasteiger partial charge >= 0.3 is 0 Å². The molecule has 0 unspecified atom stereocenters. The van der Waals surface area contributed by atoms with Crippen molar-refractivity contribution >= 4 is 29.0 Å². The topological polar surface area (TPSA) is 123 Å². The van der Waals surface area contributed by atoms with E-state index in [1.807, 2.05) is 0 Å². The van der Waals surface area contributed by atoms with Gasteiger partial charge in [0.25, 0.3) is 11.8 Å². The molecule has 0 atom stereocenters. The van der Waals surface area contributed by atoms with E-state index in [1.165, 1.54) is 18.3 Å². The number of rotatable bonds is 10. The molecule has 1 aromatic carbocycles. The minimum atomic E-state index is -0.730. The van der Waals surface area contributed by atoms with Crippen molar-refractivity contribution in [3.05, 3.63) is 95.1 Å². The van der Waals surface area contributed by atoms with Crippen LogP contribution in [-0.2, 0) is 6.42 Å². The molecule has 0 bridgehead atoms. The molecule has 2 amide bonds. The van der Waals surface area contributed by atoms with Gasteiger partial charge in [-0.2, -0.15) is 0 Å². The van der Waals surface area contributed by atoms with E-state index in [-0.39, 0.29) is 17.5 Å². The summed E-state index contributed by atoms with van der Waals surface area (Å²) in [5, 5.41) is 6.21. The van der Waals surface area contributed by atoms with E-state index in [0.29, 0.717) is 39.6 Å². The number of nitrogens with one attached hydrogen (secondary N) is 2. The lowest BCUT2D eigenvalue weighted by Crippen LogP contribution is -2.18. The number of amides is 2. The van der Waals surface area contributed by atoms with Crippen molar-refractivity contribution in [3.8, 4) is 12.3 Å². The van der Waals surface area contributed by atoms with E-state index in [4.69, 9.17) is 17.9 Å². The molecule has 1 heterocycles. The van der Waals surface area contributed by atoms with Crippen molar-refractivity contribution in [2.75, 3.05) is 10.6 Å². The van der Waals surface area contributed by atoms with Gasteiger partial charge in [-0.3, -0.25) is 9.59 Å². The molecular formula is C26H26FN5O2. The highest BCUT2D eigenvalue weighted by molar-refractivity contribution is 6.04. The van der Waals surface area contributed by atoms with Crippen molar-refractivity contribution in [3.63, 3.8) is 0 Å². The number of pyridine rings is 1. The molecule has 0 aliphatic rings. The first-order valence-electron chi connectivity index (χ1n) is 10.1. The van der Waals surface area contributed by atoms with E-state index in [2.05, 4.69) is 34.7 Å². The second kappa shape index (κ2) is 11.3. The second-order valence-corrected chi connectivity index (χ2v) is 7.34. The SMILES string of the molecule is C#CCc1cccc(C(N)=O)c1Nc1c(C(N)=O)cnc(N/C(=C/C=C(/F)C=C)C(=C)C)c1C. The van der Waals surface area contributed by atoms with Gasteiger partial charge in [0.05, 0.1) is 22.5 Å². The molecule has 2 rings (SSSR count). The van der Waals surface area contributed by atoms with Crippen LogP contribution >= 0.6 is 0 Å². The van der Waals surface area contributed by atoms with Crippen molar-refractivity contribution in [1.82, 2.24) is 4.98 Å². The Bertz CT molecular complexity index is 1270. The van der Waals surface area contributed by atoms with Gasteiger partial charge in [0.2, 0.25) is 0 Å². The third kappa shape index (κ3) is 5.99. The largest absolute Gasteiger partial charge is 0.366 e. The number of benzene rings is 1. The quantitative estimate of drug-likeness (QED) is 0.309. The highest BCUT2D eigenvalue weighted by atomic mass is 19.1. The summed E-state index contributed by atoms with van der Waals surface area (Å²) < 4.78 is 13.5. The van der Waals surface area contributed by atoms with Crippen LogP contribution in [-0.4, -0.2) is 16.8 Å². The summed E-state index contributed by atoms with van der Waals surface area (Å²) >= 11 is 0. The summed E-state index contributed by atoms with van der Waals surface area (Å²) in [6.45, 7) is 10.7. The van der Waals surface area contributed by atoms with Crippen LogP contribution in [0.5, 0.6) is 0 Å². The number of hydrogen-bond donors (Lipinski definition) is 4. The molecule has 0 fully saturated rings. The van der Waals surface area contributed by atoms with Gasteiger partial charge in [-0.05, 0) is 49.3 Å². The first-order chi connectivity index (χ1) is 16.1. The summed E-state index contributed by atoms with van der Waals surface area (Å²) in [7, 11) is 0. The molecule has 0 spiro atoms. The summed E-state index contributed by atoms with van der Waals surface area (Å²) in [6.07, 6.45) is 10.8. The van der Waals surface area contributed by atoms with Crippen molar-refractivity contribution in [2.45, 2.75) is 20.3 Å². The Morgan fingerprint density at radius 3 is 2.44 bits per heavy atom. The first kappa shape index (κ1) is 25.6. The lowest BCUT2D eigenvalue weighted by molar-refractivity contribution is 0.0993. The van der Waals surface area contributed by atoms with Crippen LogP contribution in [0.4, 0.5) is 21.6 Å². The van der Waals surface area contributed by atoms with Crippen LogP contribution in [0.3, 0.4) is 0 Å². The summed E-state index contributed by atoms with van der Waals surface area (Å²) in [5.41, 5.74) is 14.3. The number of nitrogens with two attached hydrogens (primary N) is 2. The Hall–Kier alpha value is -4.64. The van der Waals surface area contributed by atoms with Gasteiger partial charge in [-0.15, -0.1) is 12.3 Å². The predicted molar refractivity (Wildman–Crippen MR) is 134 cm³/mol. The fourth-order valence-corrected chi connectivity index (χ4v) is 3.07. The highest BCUT2D eigenvalue weighted by Crippen LogP contribution is 2.33. The van der Waals surface area contributed by atoms with E-state index >= 15 is 0 Å². The number of para-hydroxylation sites is 1. The summed E-state index contributed by atoms with van der Waals surface area (Å²) in [5.74, 6) is 0.961. The fourth-order valence-electron chi connectivity index (χ4n) is 3.07. The van der Waals surface area contributed by atoms with Gasteiger partial charge in [-0.25, -0.2) is 9.37 Å². The Balaban J connectivity index is 2.67. The van der Waals surface area contributed by atoms with Gasteiger partial charge in [0.15, 0.2) is 0 Å². The molecule has 0 aliphatic heterocycles. The zero-order valence-electron chi connectivity index (χ0n) is 19.0. The third-order valence-corrected chi connectivity index (χ3v) is 4.86. The van der Waals surface area contributed by atoms with Crippen LogP contribution in [0.1, 0.15) is 38.8 Å². The van der Waals surface area contributed by atoms with E-state index in [0.717, 1.165) is 6.08 Å². The number of hydrogen-bond acceptors (Lipinski definition) is 5. The van der Waals surface area contributed by atoms with Crippen LogP contribution in [0.25, 0.3) is 0 Å². The summed E-state index contributed by atoms with van der Waals surface area (Å²) in [6, 6.07) is 4.96. The number of anilines is 3. The Morgan fingerprint density at radius 2 is 1.88 bits per heavy atom. The molecule has 8 heteroatoms. The van der Waals surface area contributed by atoms with Crippen LogP contribution in [0, 0.1) is 19.3 Å². The Morgan fingerprint density at radius 1 is 1.21 bits per heavy atom. The minimum absolute atomic E-state index is 0.0902. The molecule has 0 saturated heterocycles. The monoisotopic (exact) mass is 459 g/mol. The standard InChI is InChI=1S/C26H26FN5O2/c1-6-9-17-10-8-11-19(24(28)33)23(17)32-22-16(5)26(30-14-20(22)25(29)34)31-21(15(3)4)13-12-18(27)7-2/h1,7-8,10-14H,2-3,9H2,4-5H3,(H2,28,33)(H2,29,34)(H2,30,31,32)/b18-12+,21-13+. The molecule has 0 aliphatic carbocycles. The van der Waals surface area contributed by atoms with Crippen molar-refractivity contribution in [1.29, 1.82) is 0 Å². The number of terminal acetylenes is 1. The molecule has 2 aromatic rings. The number of carbonyl (C=O) groups is 2. The number of aromatic nitrogens is 1. The van der Waals surface area contributed by atoms with E-state index < -0.39 is 17.6 Å². The molecule has 34 heavy (non-hydrogen) atoms. The van der Waals surface area contributed by atoms with Crippen LogP contribution in [0.15, 0.2) is 72.9 Å². The number of nitrogens with zero attached hydrogens (tertiary/aromatic N) is 1. The number of carbonyl (C=O) groups excluding carboxylic acids is 2. The average molecular weight is 460 g/mol. The van der Waals surface area contributed by atoms with Crippen LogP contribution < -0.4 is 22.1 Å². The molecular weight excluding hydrogens is 433 g/mol. The Labute approximate surface area is 198 Å². The lowest BCUT2D eigenvalue weighted by atomic mass is 10.0. The van der Waals surface area contributed by atoms with Crippen molar-refractivity contribution < 1.29 is 14.0 Å². The zero-order chi connectivity index (χ0) is 25.4. The molecule has 0 saturated carbocycles. The first-order valence-corrected chi connectivity index (χ1v) is 10.1. The van der Waals surface area contributed by atoms with E-state index in [9.17, 15) is 14.0 Å². The van der Waals surface area contributed by atoms with Crippen LogP contribution in [0.2, 0.25) is 0 Å². The average Bonchev–Trinajstić information content (AvgIpc) is 2.78. The molecule has 0 radical (unpaired) electrons.